The van der Waals surface area contributed by atoms with E-state index in [4.69, 9.17) is 22.1 Å². The molecule has 0 amide bonds. The van der Waals surface area contributed by atoms with Crippen LogP contribution in [0.25, 0.3) is 0 Å². The summed E-state index contributed by atoms with van der Waals surface area (Å²) in [5.74, 6) is 1.02. The normalized spacial score (nSPS) is 11.0. The van der Waals surface area contributed by atoms with E-state index in [1.807, 2.05) is 24.3 Å². The molecule has 0 unspecified atom stereocenters. The molecule has 0 saturated carbocycles. The van der Waals surface area contributed by atoms with Crippen LogP contribution in [0.15, 0.2) is 53.8 Å². The number of nitrogens with two attached hydrogens (primary N) is 1. The Morgan fingerprint density at radius 3 is 2.50 bits per heavy atom. The summed E-state index contributed by atoms with van der Waals surface area (Å²) >= 11 is 5.83. The molecule has 0 spiro atoms. The monoisotopic (exact) mass is 371 g/mol. The highest BCUT2D eigenvalue weighted by Crippen LogP contribution is 2.16. The van der Waals surface area contributed by atoms with Crippen LogP contribution in [0.3, 0.4) is 0 Å². The molecule has 7 heteroatoms. The molecule has 0 atom stereocenters. The molecule has 0 aliphatic carbocycles. The molecule has 6 nitrogen and oxygen atoms in total. The predicted molar refractivity (Wildman–Crippen MR) is 103 cm³/mol. The van der Waals surface area contributed by atoms with Crippen LogP contribution in [0.5, 0.6) is 5.75 Å². The fraction of sp³-hybridized carbons (Fsp3) is 0.316. The Bertz CT molecular complexity index is 728. The van der Waals surface area contributed by atoms with Gasteiger partial charge in [-0.2, -0.15) is 5.26 Å². The fourth-order valence-electron chi connectivity index (χ4n) is 2.27. The van der Waals surface area contributed by atoms with E-state index in [1.165, 1.54) is 4.90 Å². The van der Waals surface area contributed by atoms with Gasteiger partial charge in [0, 0.05) is 24.0 Å². The molecule has 0 bridgehead atoms. The number of halogens is 1. The first-order valence-electron chi connectivity index (χ1n) is 8.49. The van der Waals surface area contributed by atoms with Gasteiger partial charge in [0.05, 0.1) is 12.3 Å². The molecule has 2 N–H and O–H groups in total. The van der Waals surface area contributed by atoms with E-state index in [0.717, 1.165) is 31.4 Å². The van der Waals surface area contributed by atoms with Crippen LogP contribution in [0.2, 0.25) is 5.02 Å². The molecular weight excluding hydrogens is 350 g/mol. The van der Waals surface area contributed by atoms with Gasteiger partial charge in [-0.1, -0.05) is 24.4 Å². The summed E-state index contributed by atoms with van der Waals surface area (Å²) < 4.78 is 5.65. The lowest BCUT2D eigenvalue weighted by Crippen LogP contribution is -2.34. The maximum absolute atomic E-state index is 9.23. The van der Waals surface area contributed by atoms with Gasteiger partial charge in [0.2, 0.25) is 5.96 Å². The molecule has 0 aliphatic heterocycles. The summed E-state index contributed by atoms with van der Waals surface area (Å²) in [7, 11) is 0. The fourth-order valence-corrected chi connectivity index (χ4v) is 2.40. The van der Waals surface area contributed by atoms with E-state index >= 15 is 0 Å². The Hall–Kier alpha value is -2.78. The first-order valence-corrected chi connectivity index (χ1v) is 8.86. The number of aromatic nitrogens is 1. The van der Waals surface area contributed by atoms with Gasteiger partial charge < -0.3 is 10.5 Å². The number of guanidine groups is 1. The highest BCUT2D eigenvalue weighted by atomic mass is 35.5. The van der Waals surface area contributed by atoms with Gasteiger partial charge in [-0.25, -0.2) is 9.89 Å². The van der Waals surface area contributed by atoms with Crippen molar-refractivity contribution >= 4 is 23.2 Å². The van der Waals surface area contributed by atoms with E-state index in [9.17, 15) is 5.26 Å². The third kappa shape index (κ3) is 6.99. The molecule has 0 aliphatic rings. The molecular formula is C19H22ClN5O. The molecule has 0 fully saturated rings. The zero-order valence-corrected chi connectivity index (χ0v) is 15.3. The number of ether oxygens (including phenoxy) is 1. The molecule has 1 aromatic carbocycles. The maximum Gasteiger partial charge on any atom is 0.209 e. The average molecular weight is 372 g/mol. The summed E-state index contributed by atoms with van der Waals surface area (Å²) in [5.41, 5.74) is 6.58. The van der Waals surface area contributed by atoms with Crippen LogP contribution in [0.4, 0.5) is 5.69 Å². The van der Waals surface area contributed by atoms with Crippen LogP contribution in [-0.2, 0) is 0 Å². The predicted octanol–water partition coefficient (Wildman–Crippen LogP) is 4.10. The van der Waals surface area contributed by atoms with Crippen LogP contribution in [0.1, 0.15) is 25.7 Å². The molecule has 2 aromatic rings. The topological polar surface area (TPSA) is 87.5 Å². The summed E-state index contributed by atoms with van der Waals surface area (Å²) in [6, 6.07) is 10.8. The zero-order valence-electron chi connectivity index (χ0n) is 14.5. The number of aliphatic imine (C=N–C) groups is 1. The van der Waals surface area contributed by atoms with Crippen LogP contribution in [0, 0.1) is 11.5 Å². The Balaban J connectivity index is 1.62. The van der Waals surface area contributed by atoms with Crippen molar-refractivity contribution in [3.05, 3.63) is 53.8 Å². The average Bonchev–Trinajstić information content (AvgIpc) is 2.66. The largest absolute Gasteiger partial charge is 0.494 e. The first kappa shape index (κ1) is 19.5. The van der Waals surface area contributed by atoms with Crippen molar-refractivity contribution < 1.29 is 4.74 Å². The number of hydrogen-bond acceptors (Lipinski definition) is 4. The summed E-state index contributed by atoms with van der Waals surface area (Å²) in [6.45, 7) is 1.21. The quantitative estimate of drug-likeness (QED) is 0.236. The third-order valence-corrected chi connectivity index (χ3v) is 3.91. The van der Waals surface area contributed by atoms with Crippen molar-refractivity contribution in [2.45, 2.75) is 25.7 Å². The number of pyridine rings is 1. The smallest absolute Gasteiger partial charge is 0.209 e. The SMILES string of the molecule is N#CN(CCCCCCOc1ccc(Cl)cc1)C(N)=Nc1ccncc1. The Labute approximate surface area is 158 Å². The van der Waals surface area contributed by atoms with Gasteiger partial charge in [-0.05, 0) is 49.2 Å². The van der Waals surface area contributed by atoms with E-state index < -0.39 is 0 Å². The number of hydrogen-bond donors (Lipinski definition) is 1. The second-order valence-corrected chi connectivity index (χ2v) is 6.08. The van der Waals surface area contributed by atoms with Crippen molar-refractivity contribution in [3.8, 4) is 11.9 Å². The van der Waals surface area contributed by atoms with Crippen LogP contribution < -0.4 is 10.5 Å². The van der Waals surface area contributed by atoms with Crippen LogP contribution >= 0.6 is 11.6 Å². The summed E-state index contributed by atoms with van der Waals surface area (Å²) in [5, 5.41) is 9.93. The standard InChI is InChI=1S/C19H22ClN5O/c20-16-5-7-18(8-6-16)26-14-4-2-1-3-13-25(15-21)19(22)24-17-9-11-23-12-10-17/h5-12H,1-4,13-14H2,(H2,22,23,24). The van der Waals surface area contributed by atoms with E-state index in [2.05, 4.69) is 16.2 Å². The van der Waals surface area contributed by atoms with Gasteiger partial charge in [0.15, 0.2) is 6.19 Å². The lowest BCUT2D eigenvalue weighted by molar-refractivity contribution is 0.304. The highest BCUT2D eigenvalue weighted by molar-refractivity contribution is 6.30. The van der Waals surface area contributed by atoms with Gasteiger partial charge in [0.1, 0.15) is 5.75 Å². The van der Waals surface area contributed by atoms with Gasteiger partial charge in [0.25, 0.3) is 0 Å². The molecule has 2 rings (SSSR count). The second kappa shape index (κ2) is 11.0. The van der Waals surface area contributed by atoms with Crippen molar-refractivity contribution in [1.29, 1.82) is 5.26 Å². The third-order valence-electron chi connectivity index (χ3n) is 3.66. The molecule has 26 heavy (non-hydrogen) atoms. The minimum absolute atomic E-state index is 0.199. The Morgan fingerprint density at radius 1 is 1.12 bits per heavy atom. The second-order valence-electron chi connectivity index (χ2n) is 5.64. The summed E-state index contributed by atoms with van der Waals surface area (Å²) in [4.78, 5) is 9.56. The summed E-state index contributed by atoms with van der Waals surface area (Å²) in [6.07, 6.45) is 9.17. The van der Waals surface area contributed by atoms with Gasteiger partial charge in [-0.3, -0.25) is 4.98 Å². The highest BCUT2D eigenvalue weighted by Gasteiger charge is 2.06. The maximum atomic E-state index is 9.23. The zero-order chi connectivity index (χ0) is 18.6. The molecule has 0 radical (unpaired) electrons. The van der Waals surface area contributed by atoms with Crippen molar-refractivity contribution in [2.24, 2.45) is 10.7 Å². The lowest BCUT2D eigenvalue weighted by Gasteiger charge is -2.14. The number of unbranched alkanes of at least 4 members (excludes halogenated alkanes) is 3. The van der Waals surface area contributed by atoms with E-state index in [1.54, 1.807) is 24.5 Å². The number of nitrogens with zero attached hydrogens (tertiary/aromatic N) is 4. The van der Waals surface area contributed by atoms with E-state index in [-0.39, 0.29) is 5.96 Å². The number of rotatable bonds is 9. The first-order chi connectivity index (χ1) is 12.7. The Morgan fingerprint density at radius 2 is 1.81 bits per heavy atom. The van der Waals surface area contributed by atoms with Crippen molar-refractivity contribution in [3.63, 3.8) is 0 Å². The van der Waals surface area contributed by atoms with Crippen molar-refractivity contribution in [2.75, 3.05) is 13.2 Å². The Kier molecular flexibility index (Phi) is 8.24. The molecule has 136 valence electrons. The van der Waals surface area contributed by atoms with Gasteiger partial charge in [-0.15, -0.1) is 0 Å². The van der Waals surface area contributed by atoms with E-state index in [0.29, 0.717) is 23.9 Å². The van der Waals surface area contributed by atoms with Gasteiger partial charge >= 0.3 is 0 Å². The number of benzene rings is 1. The molecule has 1 aromatic heterocycles. The minimum atomic E-state index is 0.199. The molecule has 0 saturated heterocycles. The van der Waals surface area contributed by atoms with Crippen molar-refractivity contribution in [1.82, 2.24) is 9.88 Å². The number of nitriles is 1. The lowest BCUT2D eigenvalue weighted by atomic mass is 10.2. The minimum Gasteiger partial charge on any atom is -0.494 e. The molecule has 1 heterocycles. The van der Waals surface area contributed by atoms with Crippen LogP contribution in [-0.4, -0.2) is 29.0 Å².